The third-order valence-corrected chi connectivity index (χ3v) is 5.49. The van der Waals surface area contributed by atoms with Crippen LogP contribution >= 0.6 is 8.18 Å². The average Bonchev–Trinajstić information content (AvgIpc) is 2.62. The Labute approximate surface area is 158 Å². The van der Waals surface area contributed by atoms with Crippen LogP contribution in [0.3, 0.4) is 0 Å². The van der Waals surface area contributed by atoms with Gasteiger partial charge in [-0.15, -0.1) is 0 Å². The molecule has 0 fully saturated rings. The van der Waals surface area contributed by atoms with Crippen LogP contribution in [0, 0.1) is 0 Å². The van der Waals surface area contributed by atoms with E-state index in [0.717, 1.165) is 33.8 Å². The third-order valence-electron chi connectivity index (χ3n) is 4.47. The first kappa shape index (κ1) is 21.1. The van der Waals surface area contributed by atoms with Gasteiger partial charge in [-0.1, -0.05) is 42.5 Å². The molecule has 2 aromatic rings. The summed E-state index contributed by atoms with van der Waals surface area (Å²) in [7, 11) is -3.23. The van der Waals surface area contributed by atoms with Gasteiger partial charge in [0, 0.05) is 13.0 Å². The van der Waals surface area contributed by atoms with Crippen LogP contribution in [0.25, 0.3) is 10.8 Å². The van der Waals surface area contributed by atoms with Crippen molar-refractivity contribution in [2.45, 2.75) is 38.1 Å². The number of fused-ring (bicyclic) bond motifs is 1. The molecule has 0 aromatic heterocycles. The molecule has 0 heterocycles. The lowest BCUT2D eigenvalue weighted by Crippen LogP contribution is -2.37. The molecule has 0 amide bonds. The SMILES string of the molecule is O=C(O)CCC(C(=O)O)N(CCCCc1ccc2ccccc2c1)[PH](=O)O. The lowest BCUT2D eigenvalue weighted by atomic mass is 10.0. The van der Waals surface area contributed by atoms with Crippen LogP contribution in [-0.2, 0) is 20.6 Å². The van der Waals surface area contributed by atoms with E-state index in [2.05, 4.69) is 12.1 Å². The standard InChI is InChI=1S/C19H24NO6P/c21-18(22)11-10-17(19(23)24)20(27(25)26)12-4-3-5-14-8-9-15-6-1-2-7-16(15)13-14/h1-2,6-9,13,17,27H,3-5,10-12H2,(H,21,22)(H,23,24)(H,25,26). The molecule has 0 aliphatic carbocycles. The molecule has 2 unspecified atom stereocenters. The maximum absolute atomic E-state index is 11.6. The molecule has 0 saturated carbocycles. The minimum Gasteiger partial charge on any atom is -0.481 e. The molecule has 2 atom stereocenters. The van der Waals surface area contributed by atoms with Gasteiger partial charge in [-0.05, 0) is 42.0 Å². The maximum Gasteiger partial charge on any atom is 0.321 e. The van der Waals surface area contributed by atoms with Gasteiger partial charge in [0.1, 0.15) is 6.04 Å². The highest BCUT2D eigenvalue weighted by atomic mass is 31.1. The zero-order valence-corrected chi connectivity index (χ0v) is 15.9. The quantitative estimate of drug-likeness (QED) is 0.397. The van der Waals surface area contributed by atoms with Crippen molar-refractivity contribution in [3.8, 4) is 0 Å². The van der Waals surface area contributed by atoms with Gasteiger partial charge < -0.3 is 15.1 Å². The highest BCUT2D eigenvalue weighted by Gasteiger charge is 2.28. The Kier molecular flexibility index (Phi) is 7.98. The van der Waals surface area contributed by atoms with Crippen molar-refractivity contribution in [3.63, 3.8) is 0 Å². The first-order valence-electron chi connectivity index (χ1n) is 8.80. The minimum absolute atomic E-state index is 0.137. The van der Waals surface area contributed by atoms with Crippen LogP contribution in [-0.4, -0.2) is 44.3 Å². The van der Waals surface area contributed by atoms with Gasteiger partial charge in [0.15, 0.2) is 0 Å². The van der Waals surface area contributed by atoms with Crippen molar-refractivity contribution in [2.75, 3.05) is 6.54 Å². The fourth-order valence-electron chi connectivity index (χ4n) is 3.06. The normalized spacial score (nSPS) is 13.6. The summed E-state index contributed by atoms with van der Waals surface area (Å²) in [4.78, 5) is 31.5. The first-order chi connectivity index (χ1) is 12.9. The Balaban J connectivity index is 1.91. The summed E-state index contributed by atoms with van der Waals surface area (Å²) in [5, 5.41) is 20.3. The van der Waals surface area contributed by atoms with Crippen LogP contribution in [0.15, 0.2) is 42.5 Å². The second-order valence-electron chi connectivity index (χ2n) is 6.40. The molecular formula is C19H24NO6P. The van der Waals surface area contributed by atoms with Crippen molar-refractivity contribution < 1.29 is 29.3 Å². The van der Waals surface area contributed by atoms with E-state index in [0.29, 0.717) is 6.42 Å². The summed E-state index contributed by atoms with van der Waals surface area (Å²) in [6, 6.07) is 13.0. The average molecular weight is 393 g/mol. The van der Waals surface area contributed by atoms with Crippen molar-refractivity contribution in [1.82, 2.24) is 4.67 Å². The lowest BCUT2D eigenvalue weighted by molar-refractivity contribution is -0.142. The number of unbranched alkanes of at least 4 members (excludes halogenated alkanes) is 1. The van der Waals surface area contributed by atoms with Crippen molar-refractivity contribution in [2.24, 2.45) is 0 Å². The molecule has 8 heteroatoms. The largest absolute Gasteiger partial charge is 0.481 e. The number of hydrogen-bond donors (Lipinski definition) is 3. The summed E-state index contributed by atoms with van der Waals surface area (Å²) in [6.45, 7) is 0.137. The maximum atomic E-state index is 11.6. The summed E-state index contributed by atoms with van der Waals surface area (Å²) in [5.74, 6) is -2.41. The molecule has 0 saturated heterocycles. The van der Waals surface area contributed by atoms with E-state index in [1.54, 1.807) is 0 Å². The Morgan fingerprint density at radius 1 is 1.04 bits per heavy atom. The van der Waals surface area contributed by atoms with Crippen molar-refractivity contribution >= 4 is 30.9 Å². The molecule has 7 nitrogen and oxygen atoms in total. The number of benzene rings is 2. The number of carboxylic acids is 2. The topological polar surface area (TPSA) is 115 Å². The van der Waals surface area contributed by atoms with E-state index < -0.39 is 26.2 Å². The Bertz CT molecular complexity index is 825. The molecular weight excluding hydrogens is 369 g/mol. The van der Waals surface area contributed by atoms with E-state index in [1.165, 1.54) is 0 Å². The van der Waals surface area contributed by atoms with E-state index in [4.69, 9.17) is 5.11 Å². The molecule has 3 N–H and O–H groups in total. The number of carbonyl (C=O) groups is 2. The second-order valence-corrected chi connectivity index (χ2v) is 7.54. The number of rotatable bonds is 11. The van der Waals surface area contributed by atoms with Crippen LogP contribution in [0.4, 0.5) is 0 Å². The van der Waals surface area contributed by atoms with Gasteiger partial charge >= 0.3 is 11.9 Å². The summed E-state index contributed by atoms with van der Waals surface area (Å²) in [5.41, 5.74) is 1.15. The predicted octanol–water partition coefficient (Wildman–Crippen LogP) is 3.16. The van der Waals surface area contributed by atoms with Crippen LogP contribution in [0.1, 0.15) is 31.2 Å². The van der Waals surface area contributed by atoms with E-state index in [9.17, 15) is 24.2 Å². The number of aliphatic carboxylic acids is 2. The number of hydrogen-bond acceptors (Lipinski definition) is 3. The molecule has 146 valence electrons. The number of aryl methyl sites for hydroxylation is 1. The fraction of sp³-hybridized carbons (Fsp3) is 0.368. The number of carboxylic acid groups (broad SMARTS) is 2. The van der Waals surface area contributed by atoms with E-state index >= 15 is 0 Å². The van der Waals surface area contributed by atoms with Crippen LogP contribution in [0.2, 0.25) is 0 Å². The highest BCUT2D eigenvalue weighted by Crippen LogP contribution is 2.28. The molecule has 27 heavy (non-hydrogen) atoms. The third kappa shape index (κ3) is 6.47. The van der Waals surface area contributed by atoms with E-state index in [1.807, 2.05) is 30.3 Å². The highest BCUT2D eigenvalue weighted by molar-refractivity contribution is 7.35. The number of nitrogens with zero attached hydrogens (tertiary/aromatic N) is 1. The zero-order chi connectivity index (χ0) is 19.8. The zero-order valence-electron chi connectivity index (χ0n) is 14.9. The van der Waals surface area contributed by atoms with Gasteiger partial charge in [0.2, 0.25) is 0 Å². The van der Waals surface area contributed by atoms with Gasteiger partial charge in [-0.3, -0.25) is 14.2 Å². The Morgan fingerprint density at radius 3 is 2.37 bits per heavy atom. The van der Waals surface area contributed by atoms with Gasteiger partial charge in [0.25, 0.3) is 8.18 Å². The lowest BCUT2D eigenvalue weighted by Gasteiger charge is -2.25. The molecule has 0 aliphatic heterocycles. The molecule has 2 aromatic carbocycles. The van der Waals surface area contributed by atoms with Gasteiger partial charge in [-0.2, -0.15) is 0 Å². The minimum atomic E-state index is -3.23. The van der Waals surface area contributed by atoms with Gasteiger partial charge in [0.05, 0.1) is 0 Å². The fourth-order valence-corrected chi connectivity index (χ4v) is 3.92. The van der Waals surface area contributed by atoms with E-state index in [-0.39, 0.29) is 19.4 Å². The Hall–Kier alpha value is -2.21. The smallest absolute Gasteiger partial charge is 0.321 e. The molecule has 2 rings (SSSR count). The molecule has 0 spiro atoms. The molecule has 0 bridgehead atoms. The molecule has 0 radical (unpaired) electrons. The summed E-state index contributed by atoms with van der Waals surface area (Å²) >= 11 is 0. The van der Waals surface area contributed by atoms with Crippen molar-refractivity contribution in [1.29, 1.82) is 0 Å². The summed E-state index contributed by atoms with van der Waals surface area (Å²) in [6.07, 6.45) is 1.49. The monoisotopic (exact) mass is 393 g/mol. The van der Waals surface area contributed by atoms with Gasteiger partial charge in [-0.25, -0.2) is 4.67 Å². The van der Waals surface area contributed by atoms with Crippen LogP contribution in [0.5, 0.6) is 0 Å². The van der Waals surface area contributed by atoms with Crippen molar-refractivity contribution in [3.05, 3.63) is 48.0 Å². The second kappa shape index (κ2) is 10.2. The van der Waals surface area contributed by atoms with Crippen LogP contribution < -0.4 is 0 Å². The molecule has 0 aliphatic rings. The Morgan fingerprint density at radius 2 is 1.74 bits per heavy atom. The first-order valence-corrected chi connectivity index (χ1v) is 10.1. The summed E-state index contributed by atoms with van der Waals surface area (Å²) < 4.78 is 12.6. The predicted molar refractivity (Wildman–Crippen MR) is 103 cm³/mol.